The van der Waals surface area contributed by atoms with E-state index in [1.807, 2.05) is 0 Å². The zero-order valence-corrected chi connectivity index (χ0v) is 11.7. The van der Waals surface area contributed by atoms with Crippen LogP contribution in [0.2, 0.25) is 5.02 Å². The fourth-order valence-electron chi connectivity index (χ4n) is 1.84. The minimum atomic E-state index is -1.08. The molecule has 1 amide bonds. The first-order chi connectivity index (χ1) is 9.40. The lowest BCUT2D eigenvalue weighted by Gasteiger charge is -2.18. The summed E-state index contributed by atoms with van der Waals surface area (Å²) in [7, 11) is 0. The molecule has 0 saturated carbocycles. The van der Waals surface area contributed by atoms with Crippen molar-refractivity contribution in [1.82, 2.24) is 5.32 Å². The number of ether oxygens (including phenoxy) is 2. The molecule has 1 heterocycles. The number of aliphatic carboxylic acids is 1. The van der Waals surface area contributed by atoms with Crippen LogP contribution in [-0.4, -0.2) is 29.8 Å². The number of carbonyl (C=O) groups excluding carboxylic acids is 1. The summed E-state index contributed by atoms with van der Waals surface area (Å²) in [6.07, 6.45) is 0. The van der Waals surface area contributed by atoms with Crippen molar-refractivity contribution in [3.63, 3.8) is 0 Å². The summed E-state index contributed by atoms with van der Waals surface area (Å²) in [5, 5.41) is 11.8. The molecular formula is C13H14ClNO5. The van der Waals surface area contributed by atoms with Gasteiger partial charge in [-0.15, -0.1) is 0 Å². The largest absolute Gasteiger partial charge is 0.480 e. The van der Waals surface area contributed by atoms with E-state index in [9.17, 15) is 9.59 Å². The van der Waals surface area contributed by atoms with Crippen LogP contribution < -0.4 is 14.8 Å². The number of benzene rings is 1. The number of halogens is 1. The Morgan fingerprint density at radius 1 is 1.35 bits per heavy atom. The fraction of sp³-hybridized carbons (Fsp3) is 0.385. The number of nitrogens with one attached hydrogen (secondary N) is 1. The average Bonchev–Trinajstić information content (AvgIpc) is 2.83. The van der Waals surface area contributed by atoms with Gasteiger partial charge in [0.05, 0.1) is 5.02 Å². The highest BCUT2D eigenvalue weighted by Crippen LogP contribution is 2.39. The third-order valence-electron chi connectivity index (χ3n) is 2.91. The molecule has 2 rings (SSSR count). The first-order valence-corrected chi connectivity index (χ1v) is 6.40. The Bertz CT molecular complexity index is 558. The third-order valence-corrected chi connectivity index (χ3v) is 3.19. The van der Waals surface area contributed by atoms with Gasteiger partial charge in [-0.25, -0.2) is 4.79 Å². The first kappa shape index (κ1) is 14.5. The van der Waals surface area contributed by atoms with Gasteiger partial charge in [0.2, 0.25) is 6.79 Å². The molecule has 1 atom stereocenters. The summed E-state index contributed by atoms with van der Waals surface area (Å²) >= 11 is 5.98. The smallest absolute Gasteiger partial charge is 0.326 e. The van der Waals surface area contributed by atoms with E-state index >= 15 is 0 Å². The van der Waals surface area contributed by atoms with E-state index in [0.29, 0.717) is 11.5 Å². The van der Waals surface area contributed by atoms with Crippen LogP contribution in [0.1, 0.15) is 24.2 Å². The molecule has 7 heteroatoms. The Labute approximate surface area is 120 Å². The van der Waals surface area contributed by atoms with Crippen molar-refractivity contribution in [1.29, 1.82) is 0 Å². The molecule has 0 radical (unpaired) electrons. The van der Waals surface area contributed by atoms with Crippen molar-refractivity contribution in [3.05, 3.63) is 22.7 Å². The summed E-state index contributed by atoms with van der Waals surface area (Å²) in [5.41, 5.74) is 0.228. The van der Waals surface area contributed by atoms with Crippen LogP contribution in [0.4, 0.5) is 0 Å². The van der Waals surface area contributed by atoms with E-state index in [-0.39, 0.29) is 23.3 Å². The molecule has 0 spiro atoms. The Morgan fingerprint density at radius 3 is 2.65 bits per heavy atom. The van der Waals surface area contributed by atoms with Crippen LogP contribution >= 0.6 is 11.6 Å². The molecule has 0 saturated heterocycles. The molecule has 2 N–H and O–H groups in total. The van der Waals surface area contributed by atoms with Crippen molar-refractivity contribution in [2.24, 2.45) is 5.92 Å². The van der Waals surface area contributed by atoms with Gasteiger partial charge in [-0.1, -0.05) is 25.4 Å². The number of amides is 1. The fourth-order valence-corrected chi connectivity index (χ4v) is 2.10. The summed E-state index contributed by atoms with van der Waals surface area (Å²) in [5.74, 6) is -1.08. The number of hydrogen-bond acceptors (Lipinski definition) is 4. The Hall–Kier alpha value is -1.95. The van der Waals surface area contributed by atoms with Crippen molar-refractivity contribution in [3.8, 4) is 11.5 Å². The third kappa shape index (κ3) is 2.80. The molecule has 1 aliphatic rings. The number of rotatable bonds is 4. The number of carboxylic acid groups (broad SMARTS) is 1. The molecule has 108 valence electrons. The summed E-state index contributed by atoms with van der Waals surface area (Å²) in [6, 6.07) is 1.93. The Balaban J connectivity index is 2.22. The van der Waals surface area contributed by atoms with Crippen LogP contribution in [0.15, 0.2) is 12.1 Å². The average molecular weight is 300 g/mol. The lowest BCUT2D eigenvalue weighted by Crippen LogP contribution is -2.44. The highest BCUT2D eigenvalue weighted by Gasteiger charge is 2.26. The van der Waals surface area contributed by atoms with E-state index in [2.05, 4.69) is 5.32 Å². The van der Waals surface area contributed by atoms with Gasteiger partial charge in [0, 0.05) is 5.56 Å². The number of fused-ring (bicyclic) bond motifs is 1. The summed E-state index contributed by atoms with van der Waals surface area (Å²) in [4.78, 5) is 23.2. The molecule has 0 unspecified atom stereocenters. The van der Waals surface area contributed by atoms with E-state index in [1.54, 1.807) is 13.8 Å². The number of carboxylic acids is 1. The normalized spacial score (nSPS) is 14.2. The predicted octanol–water partition coefficient (Wildman–Crippen LogP) is 1.91. The van der Waals surface area contributed by atoms with Gasteiger partial charge in [0.25, 0.3) is 5.91 Å². The quantitative estimate of drug-likeness (QED) is 0.887. The van der Waals surface area contributed by atoms with Gasteiger partial charge in [-0.05, 0) is 18.1 Å². The van der Waals surface area contributed by atoms with Crippen molar-refractivity contribution in [2.45, 2.75) is 19.9 Å². The summed E-state index contributed by atoms with van der Waals surface area (Å²) < 4.78 is 10.3. The van der Waals surface area contributed by atoms with Crippen LogP contribution in [0.5, 0.6) is 11.5 Å². The van der Waals surface area contributed by atoms with Gasteiger partial charge in [-0.2, -0.15) is 0 Å². The summed E-state index contributed by atoms with van der Waals surface area (Å²) in [6.45, 7) is 3.47. The standard InChI is InChI=1S/C13H14ClNO5/c1-6(2)10(13(17)18)15-12(16)7-3-8(14)11-9(4-7)19-5-20-11/h3-4,6,10H,5H2,1-2H3,(H,15,16)(H,17,18)/t10-/m0/s1. The molecule has 1 aliphatic heterocycles. The van der Waals surface area contributed by atoms with Gasteiger partial charge >= 0.3 is 5.97 Å². The van der Waals surface area contributed by atoms with Gasteiger partial charge < -0.3 is 19.9 Å². The zero-order chi connectivity index (χ0) is 14.9. The first-order valence-electron chi connectivity index (χ1n) is 6.03. The van der Waals surface area contributed by atoms with E-state index in [4.69, 9.17) is 26.2 Å². The maximum absolute atomic E-state index is 12.1. The minimum absolute atomic E-state index is 0.0455. The predicted molar refractivity (Wildman–Crippen MR) is 71.3 cm³/mol. The highest BCUT2D eigenvalue weighted by molar-refractivity contribution is 6.32. The second kappa shape index (κ2) is 5.58. The Kier molecular flexibility index (Phi) is 4.04. The van der Waals surface area contributed by atoms with Gasteiger partial charge in [0.1, 0.15) is 6.04 Å². The second-order valence-electron chi connectivity index (χ2n) is 4.73. The molecule has 0 fully saturated rings. The van der Waals surface area contributed by atoms with Crippen LogP contribution in [0.25, 0.3) is 0 Å². The van der Waals surface area contributed by atoms with Crippen LogP contribution in [0, 0.1) is 5.92 Å². The maximum atomic E-state index is 12.1. The number of hydrogen-bond donors (Lipinski definition) is 2. The van der Waals surface area contributed by atoms with E-state index in [1.165, 1.54) is 12.1 Å². The van der Waals surface area contributed by atoms with Gasteiger partial charge in [-0.3, -0.25) is 4.79 Å². The monoisotopic (exact) mass is 299 g/mol. The van der Waals surface area contributed by atoms with Gasteiger partial charge in [0.15, 0.2) is 11.5 Å². The molecule has 0 aromatic heterocycles. The minimum Gasteiger partial charge on any atom is -0.480 e. The van der Waals surface area contributed by atoms with Crippen LogP contribution in [-0.2, 0) is 4.79 Å². The van der Waals surface area contributed by atoms with E-state index in [0.717, 1.165) is 0 Å². The van der Waals surface area contributed by atoms with Crippen molar-refractivity contribution in [2.75, 3.05) is 6.79 Å². The molecule has 20 heavy (non-hydrogen) atoms. The molecule has 0 bridgehead atoms. The topological polar surface area (TPSA) is 84.9 Å². The lowest BCUT2D eigenvalue weighted by atomic mass is 10.0. The molecule has 6 nitrogen and oxygen atoms in total. The Morgan fingerprint density at radius 2 is 2.05 bits per heavy atom. The maximum Gasteiger partial charge on any atom is 0.326 e. The van der Waals surface area contributed by atoms with E-state index < -0.39 is 17.9 Å². The van der Waals surface area contributed by atoms with Crippen molar-refractivity contribution < 1.29 is 24.2 Å². The molecule has 1 aromatic carbocycles. The van der Waals surface area contributed by atoms with Crippen LogP contribution in [0.3, 0.4) is 0 Å². The number of carbonyl (C=O) groups is 2. The lowest BCUT2D eigenvalue weighted by molar-refractivity contribution is -0.140. The molecule has 0 aliphatic carbocycles. The molecular weight excluding hydrogens is 286 g/mol. The zero-order valence-electron chi connectivity index (χ0n) is 11.0. The SMILES string of the molecule is CC(C)[C@H](NC(=O)c1cc(Cl)c2c(c1)OCO2)C(=O)O. The van der Waals surface area contributed by atoms with Crippen molar-refractivity contribution >= 4 is 23.5 Å². The second-order valence-corrected chi connectivity index (χ2v) is 5.13. The highest BCUT2D eigenvalue weighted by atomic mass is 35.5. The molecule has 1 aromatic rings.